The summed E-state index contributed by atoms with van der Waals surface area (Å²) >= 11 is 0. The molecular formula is C14H30N2. The van der Waals surface area contributed by atoms with Crippen LogP contribution in [-0.4, -0.2) is 36.6 Å². The first-order valence-corrected chi connectivity index (χ1v) is 6.96. The summed E-state index contributed by atoms with van der Waals surface area (Å²) in [4.78, 5) is 2.71. The van der Waals surface area contributed by atoms with Gasteiger partial charge in [-0.05, 0) is 31.2 Å². The van der Waals surface area contributed by atoms with Crippen LogP contribution >= 0.6 is 0 Å². The molecule has 16 heavy (non-hydrogen) atoms. The summed E-state index contributed by atoms with van der Waals surface area (Å²) < 4.78 is 0. The zero-order valence-corrected chi connectivity index (χ0v) is 11.8. The number of hydrogen-bond donors (Lipinski definition) is 1. The summed E-state index contributed by atoms with van der Waals surface area (Å²) in [5.41, 5.74) is 0. The van der Waals surface area contributed by atoms with Gasteiger partial charge in [-0.1, -0.05) is 34.6 Å². The first-order chi connectivity index (χ1) is 7.49. The van der Waals surface area contributed by atoms with Gasteiger partial charge in [0.1, 0.15) is 0 Å². The topological polar surface area (TPSA) is 15.3 Å². The van der Waals surface area contributed by atoms with E-state index in [1.807, 2.05) is 0 Å². The van der Waals surface area contributed by atoms with Crippen molar-refractivity contribution in [3.05, 3.63) is 0 Å². The van der Waals surface area contributed by atoms with E-state index in [1.54, 1.807) is 0 Å². The highest BCUT2D eigenvalue weighted by atomic mass is 15.2. The molecule has 0 spiro atoms. The highest BCUT2D eigenvalue weighted by molar-refractivity contribution is 4.85. The maximum Gasteiger partial charge on any atom is 0.00966 e. The summed E-state index contributed by atoms with van der Waals surface area (Å²) in [6.45, 7) is 15.2. The molecule has 1 atom stereocenters. The monoisotopic (exact) mass is 226 g/mol. The third-order valence-corrected chi connectivity index (χ3v) is 3.08. The molecule has 2 nitrogen and oxygen atoms in total. The van der Waals surface area contributed by atoms with Crippen molar-refractivity contribution in [3.63, 3.8) is 0 Å². The van der Waals surface area contributed by atoms with Crippen LogP contribution in [0, 0.1) is 11.8 Å². The van der Waals surface area contributed by atoms with E-state index in [2.05, 4.69) is 44.8 Å². The molecule has 0 radical (unpaired) electrons. The minimum atomic E-state index is 0.613. The molecule has 0 amide bonds. The molecule has 0 saturated heterocycles. The zero-order chi connectivity index (χ0) is 12.1. The summed E-state index contributed by atoms with van der Waals surface area (Å²) in [6, 6.07) is 1.52. The fourth-order valence-electron chi connectivity index (χ4n) is 2.18. The standard InChI is InChI=1S/C14H30N2/c1-11(2)9-16(14-6-7-14)10-13(5)8-15-12(3)4/h11-15H,6-10H2,1-5H3. The second kappa shape index (κ2) is 6.61. The van der Waals surface area contributed by atoms with Gasteiger partial charge < -0.3 is 5.32 Å². The van der Waals surface area contributed by atoms with Crippen LogP contribution in [0.15, 0.2) is 0 Å². The van der Waals surface area contributed by atoms with Gasteiger partial charge in [0, 0.05) is 25.2 Å². The Bertz CT molecular complexity index is 185. The van der Waals surface area contributed by atoms with Crippen LogP contribution in [0.25, 0.3) is 0 Å². The minimum Gasteiger partial charge on any atom is -0.314 e. The molecule has 0 aromatic heterocycles. The molecule has 0 aliphatic heterocycles. The molecule has 1 N–H and O–H groups in total. The van der Waals surface area contributed by atoms with Gasteiger partial charge in [0.25, 0.3) is 0 Å². The van der Waals surface area contributed by atoms with E-state index in [9.17, 15) is 0 Å². The zero-order valence-electron chi connectivity index (χ0n) is 11.8. The van der Waals surface area contributed by atoms with Crippen molar-refractivity contribution in [1.29, 1.82) is 0 Å². The normalized spacial score (nSPS) is 18.8. The summed E-state index contributed by atoms with van der Waals surface area (Å²) in [5, 5.41) is 3.54. The van der Waals surface area contributed by atoms with Gasteiger partial charge in [0.2, 0.25) is 0 Å². The molecule has 0 bridgehead atoms. The second-order valence-corrected chi connectivity index (χ2v) is 6.25. The van der Waals surface area contributed by atoms with Crippen molar-refractivity contribution >= 4 is 0 Å². The average molecular weight is 226 g/mol. The van der Waals surface area contributed by atoms with E-state index in [-0.39, 0.29) is 0 Å². The molecule has 0 aromatic carbocycles. The SMILES string of the molecule is CC(C)CN(CC(C)CNC(C)C)C1CC1. The lowest BCUT2D eigenvalue weighted by Crippen LogP contribution is -2.38. The Morgan fingerprint density at radius 3 is 2.12 bits per heavy atom. The van der Waals surface area contributed by atoms with Crippen molar-refractivity contribution in [3.8, 4) is 0 Å². The average Bonchev–Trinajstić information content (AvgIpc) is 2.96. The van der Waals surface area contributed by atoms with E-state index in [0.29, 0.717) is 6.04 Å². The fourth-order valence-corrected chi connectivity index (χ4v) is 2.18. The molecule has 0 heterocycles. The first kappa shape index (κ1) is 14.0. The Morgan fingerprint density at radius 1 is 1.06 bits per heavy atom. The minimum absolute atomic E-state index is 0.613. The Labute approximate surface area is 102 Å². The predicted octanol–water partition coefficient (Wildman–Crippen LogP) is 2.74. The van der Waals surface area contributed by atoms with E-state index in [1.165, 1.54) is 25.9 Å². The molecule has 96 valence electrons. The quantitative estimate of drug-likeness (QED) is 0.684. The van der Waals surface area contributed by atoms with Crippen molar-refractivity contribution < 1.29 is 0 Å². The van der Waals surface area contributed by atoms with Gasteiger partial charge >= 0.3 is 0 Å². The molecular weight excluding hydrogens is 196 g/mol. The van der Waals surface area contributed by atoms with Gasteiger partial charge in [-0.25, -0.2) is 0 Å². The van der Waals surface area contributed by atoms with Crippen molar-refractivity contribution in [2.75, 3.05) is 19.6 Å². The number of nitrogens with zero attached hydrogens (tertiary/aromatic N) is 1. The molecule has 1 rings (SSSR count). The molecule has 1 unspecified atom stereocenters. The van der Waals surface area contributed by atoms with Crippen LogP contribution in [0.2, 0.25) is 0 Å². The lowest BCUT2D eigenvalue weighted by molar-refractivity contribution is 0.201. The summed E-state index contributed by atoms with van der Waals surface area (Å²) in [7, 11) is 0. The van der Waals surface area contributed by atoms with E-state index in [0.717, 1.165) is 24.4 Å². The van der Waals surface area contributed by atoms with Gasteiger partial charge in [-0.2, -0.15) is 0 Å². The summed E-state index contributed by atoms with van der Waals surface area (Å²) in [5.74, 6) is 1.56. The van der Waals surface area contributed by atoms with Crippen LogP contribution in [0.1, 0.15) is 47.5 Å². The molecule has 1 aliphatic carbocycles. The van der Waals surface area contributed by atoms with Crippen molar-refractivity contribution in [1.82, 2.24) is 10.2 Å². The van der Waals surface area contributed by atoms with Crippen LogP contribution < -0.4 is 5.32 Å². The maximum atomic E-state index is 3.54. The molecule has 1 saturated carbocycles. The van der Waals surface area contributed by atoms with Gasteiger partial charge in [0.05, 0.1) is 0 Å². The van der Waals surface area contributed by atoms with E-state index < -0.39 is 0 Å². The fraction of sp³-hybridized carbons (Fsp3) is 1.00. The number of rotatable bonds is 8. The van der Waals surface area contributed by atoms with Gasteiger partial charge in [0.15, 0.2) is 0 Å². The largest absolute Gasteiger partial charge is 0.314 e. The highest BCUT2D eigenvalue weighted by Crippen LogP contribution is 2.28. The first-order valence-electron chi connectivity index (χ1n) is 6.96. The highest BCUT2D eigenvalue weighted by Gasteiger charge is 2.29. The van der Waals surface area contributed by atoms with Crippen LogP contribution in [0.5, 0.6) is 0 Å². The lowest BCUT2D eigenvalue weighted by Gasteiger charge is -2.27. The van der Waals surface area contributed by atoms with Gasteiger partial charge in [-0.3, -0.25) is 4.90 Å². The summed E-state index contributed by atoms with van der Waals surface area (Å²) in [6.07, 6.45) is 2.86. The Balaban J connectivity index is 2.24. The molecule has 2 heteroatoms. The maximum absolute atomic E-state index is 3.54. The molecule has 1 fully saturated rings. The Kier molecular flexibility index (Phi) is 5.77. The smallest absolute Gasteiger partial charge is 0.00966 e. The van der Waals surface area contributed by atoms with Crippen LogP contribution in [0.3, 0.4) is 0 Å². The van der Waals surface area contributed by atoms with E-state index >= 15 is 0 Å². The Morgan fingerprint density at radius 2 is 1.69 bits per heavy atom. The van der Waals surface area contributed by atoms with Crippen LogP contribution in [0.4, 0.5) is 0 Å². The van der Waals surface area contributed by atoms with E-state index in [4.69, 9.17) is 0 Å². The van der Waals surface area contributed by atoms with Crippen molar-refractivity contribution in [2.45, 2.75) is 59.5 Å². The Hall–Kier alpha value is -0.0800. The second-order valence-electron chi connectivity index (χ2n) is 6.25. The third-order valence-electron chi connectivity index (χ3n) is 3.08. The lowest BCUT2D eigenvalue weighted by atomic mass is 10.1. The number of hydrogen-bond acceptors (Lipinski definition) is 2. The number of nitrogens with one attached hydrogen (secondary N) is 1. The van der Waals surface area contributed by atoms with Crippen LogP contribution in [-0.2, 0) is 0 Å². The van der Waals surface area contributed by atoms with Crippen molar-refractivity contribution in [2.24, 2.45) is 11.8 Å². The molecule has 0 aromatic rings. The van der Waals surface area contributed by atoms with Gasteiger partial charge in [-0.15, -0.1) is 0 Å². The molecule has 1 aliphatic rings. The predicted molar refractivity (Wildman–Crippen MR) is 71.7 cm³/mol. The third kappa shape index (κ3) is 5.86.